The normalized spacial score (nSPS) is 11.3. The number of ether oxygens (including phenoxy) is 1. The number of hydrogen-bond acceptors (Lipinski definition) is 6. The van der Waals surface area contributed by atoms with Gasteiger partial charge >= 0.3 is 0 Å². The van der Waals surface area contributed by atoms with Crippen LogP contribution in [0.1, 0.15) is 21.5 Å². The van der Waals surface area contributed by atoms with Crippen LogP contribution in [0.2, 0.25) is 0 Å². The van der Waals surface area contributed by atoms with E-state index in [4.69, 9.17) is 4.74 Å². The van der Waals surface area contributed by atoms with Crippen LogP contribution in [0.5, 0.6) is 11.5 Å². The maximum atomic E-state index is 12.9. The van der Waals surface area contributed by atoms with E-state index in [1.807, 2.05) is 38.4 Å². The summed E-state index contributed by atoms with van der Waals surface area (Å²) >= 11 is 0. The summed E-state index contributed by atoms with van der Waals surface area (Å²) in [6.45, 7) is 5.53. The van der Waals surface area contributed by atoms with E-state index >= 15 is 0 Å². The third kappa shape index (κ3) is 5.41. The number of nitrogens with one attached hydrogen (secondary N) is 1. The molecule has 174 valence electrons. The molecule has 0 radical (unpaired) electrons. The molecule has 1 N–H and O–H groups in total. The Kier molecular flexibility index (Phi) is 6.61. The Morgan fingerprint density at radius 2 is 1.94 bits per heavy atom. The molecule has 0 unspecified atom stereocenters. The topological polar surface area (TPSA) is 99.0 Å². The molecule has 4 rings (SSSR count). The van der Waals surface area contributed by atoms with E-state index in [-0.39, 0.29) is 5.91 Å². The summed E-state index contributed by atoms with van der Waals surface area (Å²) < 4.78 is 19.9. The summed E-state index contributed by atoms with van der Waals surface area (Å²) in [4.78, 5) is 21.5. The van der Waals surface area contributed by atoms with Crippen molar-refractivity contribution in [3.05, 3.63) is 83.9 Å². The minimum absolute atomic E-state index is 0.213. The first kappa shape index (κ1) is 23.4. The van der Waals surface area contributed by atoms with Gasteiger partial charge in [0.15, 0.2) is 0 Å². The van der Waals surface area contributed by atoms with E-state index in [9.17, 15) is 9.36 Å². The molecule has 0 aliphatic heterocycles. The maximum absolute atomic E-state index is 12.9. The van der Waals surface area contributed by atoms with E-state index in [1.54, 1.807) is 60.9 Å². The van der Waals surface area contributed by atoms with Crippen molar-refractivity contribution in [1.82, 2.24) is 25.1 Å². The molecule has 0 saturated carbocycles. The van der Waals surface area contributed by atoms with Crippen molar-refractivity contribution in [2.75, 3.05) is 13.3 Å². The Morgan fingerprint density at radius 3 is 2.62 bits per heavy atom. The lowest BCUT2D eigenvalue weighted by atomic mass is 10.1. The third-order valence-electron chi connectivity index (χ3n) is 5.30. The average molecular weight is 475 g/mol. The van der Waals surface area contributed by atoms with Gasteiger partial charge < -0.3 is 14.6 Å². The summed E-state index contributed by atoms with van der Waals surface area (Å²) in [5.74, 6) is 0.989. The number of rotatable bonds is 7. The second-order valence-corrected chi connectivity index (χ2v) is 11.5. The molecule has 3 heterocycles. The van der Waals surface area contributed by atoms with Crippen molar-refractivity contribution >= 4 is 18.5 Å². The zero-order chi connectivity index (χ0) is 24.3. The molecule has 0 saturated heterocycles. The quantitative estimate of drug-likeness (QED) is 0.403. The van der Waals surface area contributed by atoms with Gasteiger partial charge in [-0.3, -0.25) is 19.4 Å². The Balaban J connectivity index is 1.46. The molecule has 0 aliphatic carbocycles. The lowest BCUT2D eigenvalue weighted by Gasteiger charge is -2.13. The minimum atomic E-state index is -2.41. The zero-order valence-electron chi connectivity index (χ0n) is 19.5. The van der Waals surface area contributed by atoms with E-state index in [2.05, 4.69) is 20.4 Å². The first-order chi connectivity index (χ1) is 16.2. The third-order valence-corrected chi connectivity index (χ3v) is 6.67. The van der Waals surface area contributed by atoms with Crippen LogP contribution in [0, 0.1) is 6.92 Å². The van der Waals surface area contributed by atoms with Crippen LogP contribution in [0.15, 0.2) is 67.3 Å². The van der Waals surface area contributed by atoms with Crippen molar-refractivity contribution in [3.8, 4) is 22.8 Å². The van der Waals surface area contributed by atoms with Gasteiger partial charge in [-0.1, -0.05) is 12.1 Å². The number of hydrogen-bond donors (Lipinski definition) is 1. The molecule has 4 aromatic rings. The average Bonchev–Trinajstić information content (AvgIpc) is 3.25. The highest BCUT2D eigenvalue weighted by Crippen LogP contribution is 2.33. The second-order valence-electron chi connectivity index (χ2n) is 8.37. The van der Waals surface area contributed by atoms with Crippen molar-refractivity contribution in [2.24, 2.45) is 7.05 Å². The van der Waals surface area contributed by atoms with Gasteiger partial charge in [0.25, 0.3) is 5.91 Å². The van der Waals surface area contributed by atoms with Crippen LogP contribution in [-0.2, 0) is 18.2 Å². The van der Waals surface area contributed by atoms with Gasteiger partial charge in [0.05, 0.1) is 17.3 Å². The Labute approximate surface area is 198 Å². The zero-order valence-corrected chi connectivity index (χ0v) is 20.4. The molecule has 0 bridgehead atoms. The van der Waals surface area contributed by atoms with Crippen molar-refractivity contribution in [1.29, 1.82) is 0 Å². The molecule has 3 aromatic heterocycles. The predicted molar refractivity (Wildman–Crippen MR) is 132 cm³/mol. The first-order valence-corrected chi connectivity index (χ1v) is 13.3. The SMILES string of the molecule is Cc1c(Oc2ccnc(-c3cnn(C)c3)c2)cccc1C(=O)NCc1ccc(P(C)(C)=O)nc1. The fourth-order valence-corrected chi connectivity index (χ4v) is 4.17. The largest absolute Gasteiger partial charge is 0.457 e. The Bertz CT molecular complexity index is 1380. The Morgan fingerprint density at radius 1 is 1.12 bits per heavy atom. The van der Waals surface area contributed by atoms with Crippen LogP contribution < -0.4 is 15.5 Å². The number of pyridine rings is 2. The fraction of sp³-hybridized carbons (Fsp3) is 0.200. The van der Waals surface area contributed by atoms with Crippen molar-refractivity contribution in [3.63, 3.8) is 0 Å². The molecule has 0 fully saturated rings. The molecule has 34 heavy (non-hydrogen) atoms. The van der Waals surface area contributed by atoms with E-state index < -0.39 is 7.14 Å². The minimum Gasteiger partial charge on any atom is -0.457 e. The van der Waals surface area contributed by atoms with Crippen LogP contribution in [-0.4, -0.2) is 39.0 Å². The first-order valence-electron chi connectivity index (χ1n) is 10.7. The number of aryl methyl sites for hydroxylation is 1. The smallest absolute Gasteiger partial charge is 0.251 e. The highest BCUT2D eigenvalue weighted by Gasteiger charge is 2.15. The number of carbonyl (C=O) groups is 1. The molecular weight excluding hydrogens is 449 g/mol. The number of carbonyl (C=O) groups excluding carboxylic acids is 1. The van der Waals surface area contributed by atoms with Crippen molar-refractivity contribution < 1.29 is 14.1 Å². The number of amides is 1. The number of aromatic nitrogens is 4. The molecule has 8 nitrogen and oxygen atoms in total. The monoisotopic (exact) mass is 475 g/mol. The second kappa shape index (κ2) is 9.61. The Hall–Kier alpha value is -3.77. The highest BCUT2D eigenvalue weighted by molar-refractivity contribution is 7.69. The van der Waals surface area contributed by atoms with Crippen molar-refractivity contribution in [2.45, 2.75) is 13.5 Å². The van der Waals surface area contributed by atoms with E-state index in [0.29, 0.717) is 29.0 Å². The lowest BCUT2D eigenvalue weighted by Crippen LogP contribution is -2.24. The van der Waals surface area contributed by atoms with Gasteiger partial charge in [-0.15, -0.1) is 0 Å². The summed E-state index contributed by atoms with van der Waals surface area (Å²) in [5.41, 5.74) is 4.29. The number of nitrogens with zero attached hydrogens (tertiary/aromatic N) is 4. The molecule has 1 amide bonds. The molecule has 9 heteroatoms. The maximum Gasteiger partial charge on any atom is 0.251 e. The summed E-state index contributed by atoms with van der Waals surface area (Å²) in [6.07, 6.45) is 6.95. The van der Waals surface area contributed by atoms with Gasteiger partial charge in [0, 0.05) is 54.9 Å². The predicted octanol–water partition coefficient (Wildman–Crippen LogP) is 4.16. The summed E-state index contributed by atoms with van der Waals surface area (Å²) in [5, 5.41) is 7.10. The summed E-state index contributed by atoms with van der Waals surface area (Å²) in [6, 6.07) is 12.6. The number of benzene rings is 1. The van der Waals surface area contributed by atoms with Crippen LogP contribution in [0.25, 0.3) is 11.3 Å². The van der Waals surface area contributed by atoms with Gasteiger partial charge in [0.2, 0.25) is 0 Å². The van der Waals surface area contributed by atoms with Crippen LogP contribution in [0.4, 0.5) is 0 Å². The van der Waals surface area contributed by atoms with Gasteiger partial charge in [-0.25, -0.2) is 0 Å². The molecule has 0 spiro atoms. The molecule has 1 aromatic carbocycles. The fourth-order valence-electron chi connectivity index (χ4n) is 3.40. The highest BCUT2D eigenvalue weighted by atomic mass is 31.2. The molecule has 0 atom stereocenters. The molecular formula is C25H26N5O3P. The van der Waals surface area contributed by atoms with Gasteiger partial charge in [0.1, 0.15) is 18.6 Å². The lowest BCUT2D eigenvalue weighted by molar-refractivity contribution is 0.0950. The summed E-state index contributed by atoms with van der Waals surface area (Å²) in [7, 11) is -0.554. The van der Waals surface area contributed by atoms with Crippen LogP contribution in [0.3, 0.4) is 0 Å². The van der Waals surface area contributed by atoms with Gasteiger partial charge in [-0.05, 0) is 50.1 Å². The van der Waals surface area contributed by atoms with Crippen LogP contribution >= 0.6 is 7.14 Å². The van der Waals surface area contributed by atoms with E-state index in [1.165, 1.54) is 0 Å². The van der Waals surface area contributed by atoms with Gasteiger partial charge in [-0.2, -0.15) is 5.10 Å². The molecule has 0 aliphatic rings. The van der Waals surface area contributed by atoms with E-state index in [0.717, 1.165) is 22.4 Å². The standard InChI is InChI=1S/C25H26N5O3P/c1-17-21(25(31)28-14-18-8-9-24(27-13-18)34(3,4)32)6-5-7-23(17)33-20-10-11-26-22(12-20)19-15-29-30(2)16-19/h5-13,15-16H,14H2,1-4H3,(H,28,31).